The average Bonchev–Trinajstić information content (AvgIpc) is 2.59. The van der Waals surface area contributed by atoms with Crippen molar-refractivity contribution in [3.8, 4) is 0 Å². The van der Waals surface area contributed by atoms with Gasteiger partial charge in [0.1, 0.15) is 11.4 Å². The molecular weight excluding hydrogens is 296 g/mol. The molecule has 1 unspecified atom stereocenters. The second kappa shape index (κ2) is 6.62. The molecule has 1 aliphatic rings. The molecule has 7 heteroatoms. The Bertz CT molecular complexity index is 720. The molecule has 1 aliphatic heterocycles. The number of aromatic nitrogens is 2. The SMILES string of the molecule is COC(=O)c1cnc(N)nc1NCC1OCCc2ccccc21. The number of fused-ring (bicyclic) bond motifs is 1. The lowest BCUT2D eigenvalue weighted by atomic mass is 9.97. The summed E-state index contributed by atoms with van der Waals surface area (Å²) in [5.74, 6) is -0.0846. The van der Waals surface area contributed by atoms with Gasteiger partial charge in [0.15, 0.2) is 0 Å². The Hall–Kier alpha value is -2.67. The van der Waals surface area contributed by atoms with E-state index in [1.807, 2.05) is 12.1 Å². The fourth-order valence-corrected chi connectivity index (χ4v) is 2.62. The third-order valence-electron chi connectivity index (χ3n) is 3.76. The molecule has 3 rings (SSSR count). The predicted octanol–water partition coefficient (Wildman–Crippen LogP) is 1.57. The first-order valence-electron chi connectivity index (χ1n) is 7.33. The Morgan fingerprint density at radius 2 is 2.30 bits per heavy atom. The van der Waals surface area contributed by atoms with E-state index in [4.69, 9.17) is 15.2 Å². The highest BCUT2D eigenvalue weighted by Crippen LogP contribution is 2.27. The van der Waals surface area contributed by atoms with Crippen molar-refractivity contribution in [1.29, 1.82) is 0 Å². The largest absolute Gasteiger partial charge is 0.465 e. The highest BCUT2D eigenvalue weighted by molar-refractivity contribution is 5.94. The van der Waals surface area contributed by atoms with Gasteiger partial charge in [-0.2, -0.15) is 4.98 Å². The van der Waals surface area contributed by atoms with Gasteiger partial charge in [-0.05, 0) is 17.5 Å². The van der Waals surface area contributed by atoms with Crippen LogP contribution in [0.15, 0.2) is 30.5 Å². The lowest BCUT2D eigenvalue weighted by Crippen LogP contribution is -2.24. The molecule has 3 N–H and O–H groups in total. The van der Waals surface area contributed by atoms with Crippen molar-refractivity contribution >= 4 is 17.7 Å². The summed E-state index contributed by atoms with van der Waals surface area (Å²) in [5.41, 5.74) is 8.28. The van der Waals surface area contributed by atoms with E-state index in [-0.39, 0.29) is 17.6 Å². The molecule has 0 amide bonds. The summed E-state index contributed by atoms with van der Waals surface area (Å²) in [7, 11) is 1.31. The number of benzene rings is 1. The van der Waals surface area contributed by atoms with Crippen LogP contribution in [0.2, 0.25) is 0 Å². The van der Waals surface area contributed by atoms with Gasteiger partial charge >= 0.3 is 5.97 Å². The monoisotopic (exact) mass is 314 g/mol. The van der Waals surface area contributed by atoms with Crippen LogP contribution in [-0.4, -0.2) is 36.2 Å². The normalized spacial score (nSPS) is 16.5. The molecule has 7 nitrogen and oxygen atoms in total. The number of anilines is 2. The van der Waals surface area contributed by atoms with Crippen molar-refractivity contribution in [2.24, 2.45) is 0 Å². The molecule has 120 valence electrons. The lowest BCUT2D eigenvalue weighted by Gasteiger charge is -2.26. The second-order valence-corrected chi connectivity index (χ2v) is 5.17. The van der Waals surface area contributed by atoms with Crippen LogP contribution in [0, 0.1) is 0 Å². The van der Waals surface area contributed by atoms with Crippen LogP contribution in [-0.2, 0) is 15.9 Å². The smallest absolute Gasteiger partial charge is 0.343 e. The Balaban J connectivity index is 1.79. The molecule has 0 radical (unpaired) electrons. The number of rotatable bonds is 4. The first kappa shape index (κ1) is 15.2. The minimum atomic E-state index is -0.516. The number of nitrogen functional groups attached to an aromatic ring is 1. The molecule has 1 aromatic heterocycles. The van der Waals surface area contributed by atoms with Crippen LogP contribution in [0.4, 0.5) is 11.8 Å². The van der Waals surface area contributed by atoms with E-state index in [0.717, 1.165) is 12.0 Å². The molecule has 23 heavy (non-hydrogen) atoms. The topological polar surface area (TPSA) is 99.4 Å². The summed E-state index contributed by atoms with van der Waals surface area (Å²) in [6.07, 6.45) is 2.15. The van der Waals surface area contributed by atoms with Gasteiger partial charge < -0.3 is 20.5 Å². The molecule has 0 saturated carbocycles. The fraction of sp³-hybridized carbons (Fsp3) is 0.312. The summed E-state index contributed by atoms with van der Waals surface area (Å²) >= 11 is 0. The molecule has 1 aromatic carbocycles. The summed E-state index contributed by atoms with van der Waals surface area (Å²) < 4.78 is 10.6. The molecular formula is C16H18N4O3. The van der Waals surface area contributed by atoms with Crippen LogP contribution in [0.5, 0.6) is 0 Å². The Morgan fingerprint density at radius 1 is 1.48 bits per heavy atom. The third kappa shape index (κ3) is 3.24. The van der Waals surface area contributed by atoms with E-state index >= 15 is 0 Å². The van der Waals surface area contributed by atoms with Gasteiger partial charge in [-0.15, -0.1) is 0 Å². The molecule has 0 bridgehead atoms. The average molecular weight is 314 g/mol. The molecule has 2 heterocycles. The maximum absolute atomic E-state index is 11.8. The number of nitrogens with two attached hydrogens (primary N) is 1. The van der Waals surface area contributed by atoms with Gasteiger partial charge in [-0.3, -0.25) is 0 Å². The van der Waals surface area contributed by atoms with Crippen molar-refractivity contribution in [2.75, 3.05) is 31.3 Å². The molecule has 0 aliphatic carbocycles. The zero-order valence-electron chi connectivity index (χ0n) is 12.8. The first-order chi connectivity index (χ1) is 11.2. The van der Waals surface area contributed by atoms with Gasteiger partial charge in [0.2, 0.25) is 5.95 Å². The van der Waals surface area contributed by atoms with Crippen molar-refractivity contribution in [3.05, 3.63) is 47.2 Å². The summed E-state index contributed by atoms with van der Waals surface area (Å²) in [5, 5.41) is 3.12. The van der Waals surface area contributed by atoms with Crippen LogP contribution < -0.4 is 11.1 Å². The Kier molecular flexibility index (Phi) is 4.38. The quantitative estimate of drug-likeness (QED) is 0.826. The minimum absolute atomic E-state index is 0.0881. The highest BCUT2D eigenvalue weighted by Gasteiger charge is 2.22. The zero-order valence-corrected chi connectivity index (χ0v) is 12.8. The first-order valence-corrected chi connectivity index (χ1v) is 7.33. The van der Waals surface area contributed by atoms with Crippen LogP contribution in [0.1, 0.15) is 27.6 Å². The number of nitrogens with zero attached hydrogens (tertiary/aromatic N) is 2. The summed E-state index contributed by atoms with van der Waals surface area (Å²) in [4.78, 5) is 19.7. The standard InChI is InChI=1S/C16H18N4O3/c1-22-15(21)12-8-19-16(17)20-14(12)18-9-13-11-5-3-2-4-10(11)6-7-23-13/h2-5,8,13H,6-7,9H2,1H3,(H3,17,18,19,20). The van der Waals surface area contributed by atoms with Crippen LogP contribution in [0.3, 0.4) is 0 Å². The molecule has 1 atom stereocenters. The van der Waals surface area contributed by atoms with Crippen LogP contribution in [0.25, 0.3) is 0 Å². The Labute approximate surface area is 133 Å². The maximum atomic E-state index is 11.8. The summed E-state index contributed by atoms with van der Waals surface area (Å²) in [6, 6.07) is 8.17. The molecule has 0 saturated heterocycles. The van der Waals surface area contributed by atoms with Gasteiger partial charge in [-0.25, -0.2) is 9.78 Å². The molecule has 0 spiro atoms. The fourth-order valence-electron chi connectivity index (χ4n) is 2.62. The van der Waals surface area contributed by atoms with Gasteiger partial charge in [-0.1, -0.05) is 24.3 Å². The van der Waals surface area contributed by atoms with E-state index in [0.29, 0.717) is 19.0 Å². The second-order valence-electron chi connectivity index (χ2n) is 5.17. The minimum Gasteiger partial charge on any atom is -0.465 e. The zero-order chi connectivity index (χ0) is 16.2. The number of carbonyl (C=O) groups excluding carboxylic acids is 1. The van der Waals surface area contributed by atoms with E-state index in [9.17, 15) is 4.79 Å². The van der Waals surface area contributed by atoms with Crippen molar-refractivity contribution in [2.45, 2.75) is 12.5 Å². The van der Waals surface area contributed by atoms with E-state index in [1.54, 1.807) is 0 Å². The van der Waals surface area contributed by atoms with Gasteiger partial charge in [0.25, 0.3) is 0 Å². The van der Waals surface area contributed by atoms with Crippen LogP contribution >= 0.6 is 0 Å². The number of hydrogen-bond donors (Lipinski definition) is 2. The summed E-state index contributed by atoms with van der Waals surface area (Å²) in [6.45, 7) is 1.14. The van der Waals surface area contributed by atoms with Crippen molar-refractivity contribution < 1.29 is 14.3 Å². The molecule has 2 aromatic rings. The van der Waals surface area contributed by atoms with E-state index < -0.39 is 5.97 Å². The van der Waals surface area contributed by atoms with Gasteiger partial charge in [0, 0.05) is 12.7 Å². The highest BCUT2D eigenvalue weighted by atomic mass is 16.5. The predicted molar refractivity (Wildman–Crippen MR) is 85.1 cm³/mol. The van der Waals surface area contributed by atoms with E-state index in [1.165, 1.54) is 18.9 Å². The van der Waals surface area contributed by atoms with E-state index in [2.05, 4.69) is 27.4 Å². The number of carbonyl (C=O) groups is 1. The molecule has 0 fully saturated rings. The van der Waals surface area contributed by atoms with Gasteiger partial charge in [0.05, 0.1) is 19.8 Å². The number of ether oxygens (including phenoxy) is 2. The third-order valence-corrected chi connectivity index (χ3v) is 3.76. The lowest BCUT2D eigenvalue weighted by molar-refractivity contribution is 0.0511. The number of methoxy groups -OCH3 is 1. The number of hydrogen-bond acceptors (Lipinski definition) is 7. The number of esters is 1. The maximum Gasteiger partial charge on any atom is 0.343 e. The van der Waals surface area contributed by atoms with Crippen molar-refractivity contribution in [3.63, 3.8) is 0 Å². The van der Waals surface area contributed by atoms with Crippen molar-refractivity contribution in [1.82, 2.24) is 9.97 Å². The Morgan fingerprint density at radius 3 is 3.13 bits per heavy atom. The number of nitrogens with one attached hydrogen (secondary N) is 1.